The maximum atomic E-state index is 12.5. The van der Waals surface area contributed by atoms with Crippen LogP contribution in [-0.4, -0.2) is 30.1 Å². The fourth-order valence-corrected chi connectivity index (χ4v) is 2.00. The Bertz CT molecular complexity index is 392. The van der Waals surface area contributed by atoms with Crippen molar-refractivity contribution < 1.29 is 14.3 Å². The number of Topliss-reactive ketones (excluding diaryl/α,β-unsaturated/α-hetero) is 1. The van der Waals surface area contributed by atoms with Gasteiger partial charge in [-0.05, 0) is 25.8 Å². The Hall–Kier alpha value is -1.42. The Kier molecular flexibility index (Phi) is 5.28. The molecule has 0 fully saturated rings. The summed E-state index contributed by atoms with van der Waals surface area (Å²) in [5.74, 6) is 0.574. The van der Waals surface area contributed by atoms with E-state index in [1.54, 1.807) is 25.6 Å². The third-order valence-corrected chi connectivity index (χ3v) is 3.23. The Labute approximate surface area is 108 Å². The predicted octanol–water partition coefficient (Wildman–Crippen LogP) is 2.87. The third kappa shape index (κ3) is 2.88. The number of carbonyl (C=O) groups excluding carboxylic acids is 1. The molecule has 0 unspecified atom stereocenters. The van der Waals surface area contributed by atoms with Gasteiger partial charge in [0.25, 0.3) is 0 Å². The SMILES string of the molecule is CCOc1cncc(C(=O)C(CC)(CC)OC)c1. The van der Waals surface area contributed by atoms with Gasteiger partial charge in [-0.3, -0.25) is 9.78 Å². The maximum Gasteiger partial charge on any atom is 0.196 e. The van der Waals surface area contributed by atoms with E-state index in [0.29, 0.717) is 30.8 Å². The molecule has 4 nitrogen and oxygen atoms in total. The van der Waals surface area contributed by atoms with Gasteiger partial charge in [-0.15, -0.1) is 0 Å². The van der Waals surface area contributed by atoms with Gasteiger partial charge in [-0.25, -0.2) is 0 Å². The summed E-state index contributed by atoms with van der Waals surface area (Å²) in [5, 5.41) is 0. The van der Waals surface area contributed by atoms with Crippen molar-refractivity contribution in [1.82, 2.24) is 4.98 Å². The molecule has 100 valence electrons. The van der Waals surface area contributed by atoms with E-state index in [0.717, 1.165) is 0 Å². The van der Waals surface area contributed by atoms with E-state index in [2.05, 4.69) is 4.98 Å². The van der Waals surface area contributed by atoms with Gasteiger partial charge in [0.1, 0.15) is 11.4 Å². The summed E-state index contributed by atoms with van der Waals surface area (Å²) in [5.41, 5.74) is -0.224. The summed E-state index contributed by atoms with van der Waals surface area (Å²) in [6.45, 7) is 6.35. The molecule has 1 rings (SSSR count). The van der Waals surface area contributed by atoms with Crippen molar-refractivity contribution >= 4 is 5.78 Å². The van der Waals surface area contributed by atoms with Crippen molar-refractivity contribution in [2.75, 3.05) is 13.7 Å². The molecule has 1 aromatic rings. The minimum Gasteiger partial charge on any atom is -0.492 e. The highest BCUT2D eigenvalue weighted by Gasteiger charge is 2.35. The lowest BCUT2D eigenvalue weighted by Crippen LogP contribution is -2.39. The number of rotatable bonds is 7. The summed E-state index contributed by atoms with van der Waals surface area (Å²) in [6.07, 6.45) is 4.44. The lowest BCUT2D eigenvalue weighted by atomic mass is 9.88. The molecular formula is C14H21NO3. The highest BCUT2D eigenvalue weighted by Crippen LogP contribution is 2.26. The fourth-order valence-electron chi connectivity index (χ4n) is 2.00. The first kappa shape index (κ1) is 14.6. The highest BCUT2D eigenvalue weighted by atomic mass is 16.5. The number of nitrogens with zero attached hydrogens (tertiary/aromatic N) is 1. The number of aromatic nitrogens is 1. The smallest absolute Gasteiger partial charge is 0.196 e. The standard InChI is InChI=1S/C14H21NO3/c1-5-14(6-2,17-4)13(16)11-8-12(18-7-3)10-15-9-11/h8-10H,5-7H2,1-4H3. The number of hydrogen-bond donors (Lipinski definition) is 0. The number of ether oxygens (including phenoxy) is 2. The summed E-state index contributed by atoms with van der Waals surface area (Å²) in [6, 6.07) is 1.72. The second-order valence-corrected chi connectivity index (χ2v) is 4.08. The number of methoxy groups -OCH3 is 1. The molecular weight excluding hydrogens is 230 g/mol. The van der Waals surface area contributed by atoms with E-state index in [-0.39, 0.29) is 5.78 Å². The van der Waals surface area contributed by atoms with E-state index < -0.39 is 5.60 Å². The van der Waals surface area contributed by atoms with Gasteiger partial charge in [-0.1, -0.05) is 13.8 Å². The molecule has 0 saturated carbocycles. The summed E-state index contributed by atoms with van der Waals surface area (Å²) >= 11 is 0. The van der Waals surface area contributed by atoms with Crippen LogP contribution in [0.5, 0.6) is 5.75 Å². The molecule has 0 bridgehead atoms. The fraction of sp³-hybridized carbons (Fsp3) is 0.571. The lowest BCUT2D eigenvalue weighted by Gasteiger charge is -2.28. The van der Waals surface area contributed by atoms with E-state index in [1.807, 2.05) is 20.8 Å². The van der Waals surface area contributed by atoms with Crippen molar-refractivity contribution in [1.29, 1.82) is 0 Å². The average Bonchev–Trinajstić information content (AvgIpc) is 2.42. The maximum absolute atomic E-state index is 12.5. The van der Waals surface area contributed by atoms with E-state index >= 15 is 0 Å². The number of hydrogen-bond acceptors (Lipinski definition) is 4. The molecule has 0 spiro atoms. The number of pyridine rings is 1. The summed E-state index contributed by atoms with van der Waals surface area (Å²) in [7, 11) is 1.57. The Balaban J connectivity index is 3.05. The second kappa shape index (κ2) is 6.50. The van der Waals surface area contributed by atoms with Gasteiger partial charge in [0, 0.05) is 18.9 Å². The van der Waals surface area contributed by atoms with Crippen LogP contribution in [0.15, 0.2) is 18.5 Å². The topological polar surface area (TPSA) is 48.4 Å². The summed E-state index contributed by atoms with van der Waals surface area (Å²) in [4.78, 5) is 16.5. The van der Waals surface area contributed by atoms with Crippen molar-refractivity contribution in [3.05, 3.63) is 24.0 Å². The molecule has 0 aliphatic heterocycles. The summed E-state index contributed by atoms with van der Waals surface area (Å²) < 4.78 is 10.8. The van der Waals surface area contributed by atoms with Crippen molar-refractivity contribution in [3.8, 4) is 5.75 Å². The molecule has 0 atom stereocenters. The molecule has 4 heteroatoms. The van der Waals surface area contributed by atoms with Gasteiger partial charge in [-0.2, -0.15) is 0 Å². The zero-order chi connectivity index (χ0) is 13.6. The molecule has 0 amide bonds. The predicted molar refractivity (Wildman–Crippen MR) is 70.1 cm³/mol. The molecule has 0 radical (unpaired) electrons. The van der Waals surface area contributed by atoms with Crippen LogP contribution in [0.25, 0.3) is 0 Å². The average molecular weight is 251 g/mol. The third-order valence-electron chi connectivity index (χ3n) is 3.23. The molecule has 1 heterocycles. The first-order valence-electron chi connectivity index (χ1n) is 6.31. The highest BCUT2D eigenvalue weighted by molar-refractivity contribution is 6.02. The molecule has 0 N–H and O–H groups in total. The largest absolute Gasteiger partial charge is 0.492 e. The van der Waals surface area contributed by atoms with Crippen LogP contribution in [0.3, 0.4) is 0 Å². The van der Waals surface area contributed by atoms with Gasteiger partial charge in [0.05, 0.1) is 12.8 Å². The Morgan fingerprint density at radius 2 is 1.94 bits per heavy atom. The van der Waals surface area contributed by atoms with Crippen LogP contribution < -0.4 is 4.74 Å². The van der Waals surface area contributed by atoms with Crippen LogP contribution >= 0.6 is 0 Å². The van der Waals surface area contributed by atoms with Crippen LogP contribution in [0.4, 0.5) is 0 Å². The Morgan fingerprint density at radius 3 is 2.44 bits per heavy atom. The number of carbonyl (C=O) groups is 1. The van der Waals surface area contributed by atoms with Crippen molar-refractivity contribution in [2.45, 2.75) is 39.2 Å². The van der Waals surface area contributed by atoms with Crippen LogP contribution in [0, 0.1) is 0 Å². The quantitative estimate of drug-likeness (QED) is 0.699. The second-order valence-electron chi connectivity index (χ2n) is 4.08. The lowest BCUT2D eigenvalue weighted by molar-refractivity contribution is -0.00266. The minimum atomic E-state index is -0.757. The zero-order valence-electron chi connectivity index (χ0n) is 11.5. The zero-order valence-corrected chi connectivity index (χ0v) is 11.5. The van der Waals surface area contributed by atoms with Gasteiger partial charge in [0.15, 0.2) is 5.78 Å². The monoisotopic (exact) mass is 251 g/mol. The molecule has 18 heavy (non-hydrogen) atoms. The van der Waals surface area contributed by atoms with Crippen LogP contribution in [0.2, 0.25) is 0 Å². The van der Waals surface area contributed by atoms with Crippen molar-refractivity contribution in [3.63, 3.8) is 0 Å². The van der Waals surface area contributed by atoms with E-state index in [1.165, 1.54) is 0 Å². The molecule has 0 saturated heterocycles. The van der Waals surface area contributed by atoms with Crippen molar-refractivity contribution in [2.24, 2.45) is 0 Å². The molecule has 1 aromatic heterocycles. The molecule has 0 aliphatic rings. The normalized spacial score (nSPS) is 11.3. The van der Waals surface area contributed by atoms with Gasteiger partial charge >= 0.3 is 0 Å². The Morgan fingerprint density at radius 1 is 1.28 bits per heavy atom. The number of ketones is 1. The van der Waals surface area contributed by atoms with Crippen LogP contribution in [-0.2, 0) is 4.74 Å². The van der Waals surface area contributed by atoms with Gasteiger partial charge in [0.2, 0.25) is 0 Å². The molecule has 0 aromatic carbocycles. The first-order chi connectivity index (χ1) is 8.63. The molecule has 0 aliphatic carbocycles. The first-order valence-corrected chi connectivity index (χ1v) is 6.31. The van der Waals surface area contributed by atoms with E-state index in [4.69, 9.17) is 9.47 Å². The minimum absolute atomic E-state index is 0.0379. The van der Waals surface area contributed by atoms with E-state index in [9.17, 15) is 4.79 Å². The van der Waals surface area contributed by atoms with Gasteiger partial charge < -0.3 is 9.47 Å². The van der Waals surface area contributed by atoms with Crippen LogP contribution in [0.1, 0.15) is 44.0 Å².